The molecule has 134 valence electrons. The average Bonchev–Trinajstić information content (AvgIpc) is 3.21. The van der Waals surface area contributed by atoms with E-state index >= 15 is 0 Å². The maximum absolute atomic E-state index is 13.0. The predicted octanol–water partition coefficient (Wildman–Crippen LogP) is 4.31. The molecule has 1 saturated carbocycles. The summed E-state index contributed by atoms with van der Waals surface area (Å²) in [5.74, 6) is 0.405. The Morgan fingerprint density at radius 2 is 1.77 bits per heavy atom. The lowest BCUT2D eigenvalue weighted by Gasteiger charge is -2.28. The number of rotatable bonds is 3. The third-order valence-electron chi connectivity index (χ3n) is 4.89. The normalized spacial score (nSPS) is 20.0. The van der Waals surface area contributed by atoms with Gasteiger partial charge in [-0.2, -0.15) is 0 Å². The van der Waals surface area contributed by atoms with E-state index in [-0.39, 0.29) is 29.5 Å². The van der Waals surface area contributed by atoms with E-state index in [0.717, 1.165) is 37.7 Å². The molecule has 0 atom stereocenters. The fraction of sp³-hybridized carbons (Fsp3) is 0.300. The zero-order chi connectivity index (χ0) is 18.1. The van der Waals surface area contributed by atoms with E-state index in [1.165, 1.54) is 23.1 Å². The van der Waals surface area contributed by atoms with Gasteiger partial charge in [-0.1, -0.05) is 19.3 Å². The van der Waals surface area contributed by atoms with Crippen LogP contribution in [0.25, 0.3) is 17.4 Å². The highest BCUT2D eigenvalue weighted by Gasteiger charge is 2.39. The molecule has 2 heterocycles. The van der Waals surface area contributed by atoms with Gasteiger partial charge in [0.2, 0.25) is 0 Å². The van der Waals surface area contributed by atoms with Crippen LogP contribution in [-0.2, 0) is 4.79 Å². The first-order valence-corrected chi connectivity index (χ1v) is 8.84. The smallest absolute Gasteiger partial charge is 0.329 e. The second-order valence-electron chi connectivity index (χ2n) is 6.66. The van der Waals surface area contributed by atoms with E-state index in [2.05, 4.69) is 5.32 Å². The Morgan fingerprint density at radius 1 is 1.04 bits per heavy atom. The number of carbonyl (C=O) groups excluding carboxylic acids is 2. The molecule has 2 aromatic rings. The summed E-state index contributed by atoms with van der Waals surface area (Å²) < 4.78 is 18.7. The van der Waals surface area contributed by atoms with Crippen molar-refractivity contribution in [2.45, 2.75) is 38.1 Å². The van der Waals surface area contributed by atoms with E-state index in [9.17, 15) is 14.0 Å². The second-order valence-corrected chi connectivity index (χ2v) is 6.66. The molecule has 5 nitrogen and oxygen atoms in total. The van der Waals surface area contributed by atoms with Gasteiger partial charge in [0.1, 0.15) is 23.0 Å². The fourth-order valence-corrected chi connectivity index (χ4v) is 3.56. The molecule has 1 aromatic heterocycles. The first-order chi connectivity index (χ1) is 12.6. The molecule has 2 fully saturated rings. The first kappa shape index (κ1) is 16.6. The van der Waals surface area contributed by atoms with E-state index in [4.69, 9.17) is 4.42 Å². The summed E-state index contributed by atoms with van der Waals surface area (Å²) in [7, 11) is 0. The maximum Gasteiger partial charge on any atom is 0.329 e. The summed E-state index contributed by atoms with van der Waals surface area (Å²) in [6, 6.07) is 9.05. The van der Waals surface area contributed by atoms with Crippen molar-refractivity contribution in [2.75, 3.05) is 0 Å². The number of carbonyl (C=O) groups is 2. The molecule has 1 saturated heterocycles. The molecule has 1 N–H and O–H groups in total. The minimum Gasteiger partial charge on any atom is -0.457 e. The van der Waals surface area contributed by atoms with Gasteiger partial charge in [-0.15, -0.1) is 0 Å². The van der Waals surface area contributed by atoms with Gasteiger partial charge in [0.25, 0.3) is 5.91 Å². The van der Waals surface area contributed by atoms with Crippen LogP contribution in [0.1, 0.15) is 37.9 Å². The number of benzene rings is 1. The molecule has 4 rings (SSSR count). The van der Waals surface area contributed by atoms with Crippen molar-refractivity contribution in [1.29, 1.82) is 0 Å². The summed E-state index contributed by atoms with van der Waals surface area (Å²) in [6.07, 6.45) is 6.50. The molecular weight excluding hydrogens is 335 g/mol. The SMILES string of the molecule is O=C1N/C(=C\c2ccc(-c3ccc(F)cc3)o2)C(=O)N1C1CCCCC1. The number of nitrogens with one attached hydrogen (secondary N) is 1. The van der Waals surface area contributed by atoms with Crippen molar-refractivity contribution in [3.63, 3.8) is 0 Å². The highest BCUT2D eigenvalue weighted by atomic mass is 19.1. The van der Waals surface area contributed by atoms with Crippen LogP contribution in [-0.4, -0.2) is 22.9 Å². The van der Waals surface area contributed by atoms with Gasteiger partial charge < -0.3 is 9.73 Å². The summed E-state index contributed by atoms with van der Waals surface area (Å²) in [5.41, 5.74) is 0.960. The Morgan fingerprint density at radius 3 is 2.50 bits per heavy atom. The van der Waals surface area contributed by atoms with Crippen molar-refractivity contribution in [2.24, 2.45) is 0 Å². The number of halogens is 1. The van der Waals surface area contributed by atoms with E-state index in [1.807, 2.05) is 0 Å². The van der Waals surface area contributed by atoms with Crippen LogP contribution in [0.2, 0.25) is 0 Å². The fourth-order valence-electron chi connectivity index (χ4n) is 3.56. The molecule has 0 bridgehead atoms. The minimum atomic E-state index is -0.363. The van der Waals surface area contributed by atoms with Gasteiger partial charge in [0, 0.05) is 17.7 Å². The molecule has 1 aromatic carbocycles. The van der Waals surface area contributed by atoms with Gasteiger partial charge in [0.15, 0.2) is 0 Å². The Kier molecular flexibility index (Phi) is 4.32. The molecule has 3 amide bonds. The van der Waals surface area contributed by atoms with E-state index in [1.54, 1.807) is 24.3 Å². The Bertz CT molecular complexity index is 863. The number of imide groups is 1. The van der Waals surface area contributed by atoms with Crippen molar-refractivity contribution in [1.82, 2.24) is 10.2 Å². The Hall–Kier alpha value is -2.89. The van der Waals surface area contributed by atoms with Gasteiger partial charge >= 0.3 is 6.03 Å². The largest absolute Gasteiger partial charge is 0.457 e. The highest BCUT2D eigenvalue weighted by Crippen LogP contribution is 2.28. The Labute approximate surface area is 150 Å². The summed E-state index contributed by atoms with van der Waals surface area (Å²) in [4.78, 5) is 26.2. The minimum absolute atomic E-state index is 0.0199. The molecular formula is C20H19FN2O3. The molecule has 0 spiro atoms. The third kappa shape index (κ3) is 3.14. The highest BCUT2D eigenvalue weighted by molar-refractivity contribution is 6.14. The van der Waals surface area contributed by atoms with E-state index in [0.29, 0.717) is 11.5 Å². The van der Waals surface area contributed by atoms with E-state index < -0.39 is 0 Å². The maximum atomic E-state index is 13.0. The van der Waals surface area contributed by atoms with Crippen LogP contribution in [0.15, 0.2) is 46.5 Å². The van der Waals surface area contributed by atoms with Gasteiger partial charge in [0.05, 0.1) is 0 Å². The quantitative estimate of drug-likeness (QED) is 0.660. The molecule has 26 heavy (non-hydrogen) atoms. The first-order valence-electron chi connectivity index (χ1n) is 8.84. The van der Waals surface area contributed by atoms with Gasteiger partial charge in [-0.25, -0.2) is 9.18 Å². The van der Waals surface area contributed by atoms with Crippen LogP contribution in [0, 0.1) is 5.82 Å². The lowest BCUT2D eigenvalue weighted by molar-refractivity contribution is -0.124. The number of amides is 3. The van der Waals surface area contributed by atoms with Crippen LogP contribution < -0.4 is 5.32 Å². The van der Waals surface area contributed by atoms with Crippen LogP contribution >= 0.6 is 0 Å². The number of hydrogen-bond donors (Lipinski definition) is 1. The van der Waals surface area contributed by atoms with Crippen LogP contribution in [0.3, 0.4) is 0 Å². The monoisotopic (exact) mass is 354 g/mol. The summed E-state index contributed by atoms with van der Waals surface area (Å²) in [5, 5.41) is 2.64. The van der Waals surface area contributed by atoms with Crippen LogP contribution in [0.5, 0.6) is 0 Å². The van der Waals surface area contributed by atoms with Crippen molar-refractivity contribution in [3.8, 4) is 11.3 Å². The number of furan rings is 1. The van der Waals surface area contributed by atoms with Gasteiger partial charge in [-0.05, 0) is 49.2 Å². The molecule has 1 aliphatic heterocycles. The van der Waals surface area contributed by atoms with Crippen molar-refractivity contribution >= 4 is 18.0 Å². The molecule has 6 heteroatoms. The number of hydrogen-bond acceptors (Lipinski definition) is 3. The molecule has 1 aliphatic carbocycles. The Balaban J connectivity index is 1.54. The van der Waals surface area contributed by atoms with Crippen molar-refractivity contribution in [3.05, 3.63) is 53.7 Å². The summed E-state index contributed by atoms with van der Waals surface area (Å²) in [6.45, 7) is 0. The summed E-state index contributed by atoms with van der Waals surface area (Å²) >= 11 is 0. The second kappa shape index (κ2) is 6.78. The third-order valence-corrected chi connectivity index (χ3v) is 4.89. The number of nitrogens with zero attached hydrogens (tertiary/aromatic N) is 1. The molecule has 2 aliphatic rings. The zero-order valence-corrected chi connectivity index (χ0v) is 14.2. The topological polar surface area (TPSA) is 62.6 Å². The van der Waals surface area contributed by atoms with Gasteiger partial charge in [-0.3, -0.25) is 9.69 Å². The average molecular weight is 354 g/mol. The van der Waals surface area contributed by atoms with Crippen LogP contribution in [0.4, 0.5) is 9.18 Å². The molecule has 0 unspecified atom stereocenters. The molecule has 0 radical (unpaired) electrons. The predicted molar refractivity (Wildman–Crippen MR) is 94.3 cm³/mol. The zero-order valence-electron chi connectivity index (χ0n) is 14.2. The number of urea groups is 1. The lowest BCUT2D eigenvalue weighted by Crippen LogP contribution is -2.41. The van der Waals surface area contributed by atoms with Crippen molar-refractivity contribution < 1.29 is 18.4 Å². The lowest BCUT2D eigenvalue weighted by atomic mass is 9.94. The standard InChI is InChI=1S/C20H19FN2O3/c21-14-8-6-13(7-9-14)18-11-10-16(26-18)12-17-19(24)23(20(25)22-17)15-4-2-1-3-5-15/h6-12,15H,1-5H2,(H,22,25)/b17-12-.